The minimum absolute atomic E-state index is 0. The number of hydrogen-bond donors (Lipinski definition) is 0. The summed E-state index contributed by atoms with van der Waals surface area (Å²) in [6.07, 6.45) is 0.0364. The highest BCUT2D eigenvalue weighted by molar-refractivity contribution is 7.89. The van der Waals surface area contributed by atoms with E-state index in [1.807, 2.05) is 37.3 Å². The summed E-state index contributed by atoms with van der Waals surface area (Å²) < 4.78 is 28.4. The lowest BCUT2D eigenvalue weighted by Gasteiger charge is -2.25. The Balaban J connectivity index is 0.00000533. The van der Waals surface area contributed by atoms with Crippen LogP contribution in [0.1, 0.15) is 42.6 Å². The summed E-state index contributed by atoms with van der Waals surface area (Å²) in [5.41, 5.74) is 2.25. The van der Waals surface area contributed by atoms with Crippen LogP contribution in [0.4, 0.5) is 5.13 Å². The van der Waals surface area contributed by atoms with E-state index < -0.39 is 10.0 Å². The number of fused-ring (bicyclic) bond motifs is 1. The number of halogens is 1. The van der Waals surface area contributed by atoms with Crippen LogP contribution in [-0.4, -0.2) is 67.8 Å². The number of thiazole rings is 1. The van der Waals surface area contributed by atoms with Gasteiger partial charge in [0.25, 0.3) is 5.91 Å². The largest absolute Gasteiger partial charge is 0.302 e. The molecule has 0 N–H and O–H groups in total. The van der Waals surface area contributed by atoms with Crippen molar-refractivity contribution in [1.82, 2.24) is 14.2 Å². The van der Waals surface area contributed by atoms with Crippen LogP contribution in [0.2, 0.25) is 0 Å². The lowest BCUT2D eigenvalue weighted by atomic mass is 10.2. The zero-order valence-electron chi connectivity index (χ0n) is 22.3. The fourth-order valence-corrected chi connectivity index (χ4v) is 6.54. The van der Waals surface area contributed by atoms with E-state index in [0.29, 0.717) is 23.8 Å². The Morgan fingerprint density at radius 3 is 2.10 bits per heavy atom. The highest BCUT2D eigenvalue weighted by Crippen LogP contribution is 2.31. The second kappa shape index (κ2) is 14.9. The van der Waals surface area contributed by atoms with Crippen molar-refractivity contribution in [2.45, 2.75) is 38.5 Å². The number of carbonyl (C=O) groups is 1. The van der Waals surface area contributed by atoms with Crippen molar-refractivity contribution in [3.63, 3.8) is 0 Å². The van der Waals surface area contributed by atoms with Gasteiger partial charge in [-0.05, 0) is 55.9 Å². The first-order chi connectivity index (χ1) is 18.3. The van der Waals surface area contributed by atoms with E-state index in [9.17, 15) is 13.2 Å². The van der Waals surface area contributed by atoms with Crippen LogP contribution >= 0.6 is 23.7 Å². The van der Waals surface area contributed by atoms with Crippen molar-refractivity contribution >= 4 is 55.0 Å². The Kier molecular flexibility index (Phi) is 12.3. The van der Waals surface area contributed by atoms with Gasteiger partial charge in [-0.25, -0.2) is 13.4 Å². The standard InChI is InChI=1S/C27H32N6O3S2.ClH/c1-4-31(5-2)19-20-33(27-30-25-21(3)9-6-10-24(25)37-27)26(34)22-11-13-23(14-12-22)38(35,36)32(17-7-15-28)18-8-16-29;/h6,9-14H,4-5,7-8,17-20H2,1-3H3;1H. The first-order valence-electron chi connectivity index (χ1n) is 12.5. The van der Waals surface area contributed by atoms with Crippen LogP contribution in [0.3, 0.4) is 0 Å². The van der Waals surface area contributed by atoms with Gasteiger partial charge in [0.15, 0.2) is 5.13 Å². The van der Waals surface area contributed by atoms with Crippen molar-refractivity contribution < 1.29 is 13.2 Å². The quantitative estimate of drug-likeness (QED) is 0.280. The molecule has 0 unspecified atom stereocenters. The number of para-hydroxylation sites is 1. The number of sulfonamides is 1. The number of amides is 1. The smallest absolute Gasteiger partial charge is 0.260 e. The summed E-state index contributed by atoms with van der Waals surface area (Å²) in [4.78, 5) is 22.4. The van der Waals surface area contributed by atoms with E-state index >= 15 is 0 Å². The van der Waals surface area contributed by atoms with Gasteiger partial charge in [-0.1, -0.05) is 37.3 Å². The van der Waals surface area contributed by atoms with Crippen LogP contribution < -0.4 is 4.90 Å². The maximum Gasteiger partial charge on any atom is 0.260 e. The average molecular weight is 589 g/mol. The zero-order chi connectivity index (χ0) is 27.7. The zero-order valence-corrected chi connectivity index (χ0v) is 24.8. The third-order valence-electron chi connectivity index (χ3n) is 6.30. The molecule has 0 bridgehead atoms. The lowest BCUT2D eigenvalue weighted by molar-refractivity contribution is 0.0983. The number of nitrogens with zero attached hydrogens (tertiary/aromatic N) is 6. The molecule has 3 rings (SSSR count). The molecule has 0 saturated heterocycles. The molecule has 0 aliphatic carbocycles. The monoisotopic (exact) mass is 588 g/mol. The Hall–Kier alpha value is -3.06. The van der Waals surface area contributed by atoms with E-state index in [0.717, 1.165) is 33.2 Å². The molecule has 1 aromatic heterocycles. The van der Waals surface area contributed by atoms with Crippen molar-refractivity contribution in [3.8, 4) is 12.1 Å². The third kappa shape index (κ3) is 7.75. The first kappa shape index (κ1) is 32.2. The van der Waals surface area contributed by atoms with E-state index in [1.54, 1.807) is 4.90 Å². The average Bonchev–Trinajstić information content (AvgIpc) is 3.36. The molecule has 1 amide bonds. The van der Waals surface area contributed by atoms with Crippen molar-refractivity contribution in [1.29, 1.82) is 10.5 Å². The minimum atomic E-state index is -3.92. The molecule has 0 radical (unpaired) electrons. The Bertz CT molecular complexity index is 1420. The van der Waals surface area contributed by atoms with Gasteiger partial charge in [-0.15, -0.1) is 12.4 Å². The molecule has 1 heterocycles. The summed E-state index contributed by atoms with van der Waals surface area (Å²) in [6.45, 7) is 8.97. The summed E-state index contributed by atoms with van der Waals surface area (Å²) in [5.74, 6) is -0.261. The van der Waals surface area contributed by atoms with E-state index in [4.69, 9.17) is 15.5 Å². The Morgan fingerprint density at radius 2 is 1.56 bits per heavy atom. The number of anilines is 1. The van der Waals surface area contributed by atoms with Gasteiger partial charge in [-0.3, -0.25) is 9.69 Å². The van der Waals surface area contributed by atoms with Gasteiger partial charge in [-0.2, -0.15) is 14.8 Å². The van der Waals surface area contributed by atoms with Crippen molar-refractivity contribution in [2.75, 3.05) is 44.2 Å². The van der Waals surface area contributed by atoms with E-state index in [-0.39, 0.29) is 49.1 Å². The molecule has 2 aromatic carbocycles. The Labute approximate surface area is 240 Å². The van der Waals surface area contributed by atoms with Crippen LogP contribution in [0.5, 0.6) is 0 Å². The molecule has 208 valence electrons. The third-order valence-corrected chi connectivity index (χ3v) is 9.26. The van der Waals surface area contributed by atoms with Crippen LogP contribution in [0, 0.1) is 29.6 Å². The minimum Gasteiger partial charge on any atom is -0.302 e. The van der Waals surface area contributed by atoms with Crippen LogP contribution in [0.15, 0.2) is 47.4 Å². The first-order valence-corrected chi connectivity index (χ1v) is 14.8. The summed E-state index contributed by atoms with van der Waals surface area (Å²) in [7, 11) is -3.92. The molecular formula is C27H33ClN6O3S2. The molecule has 9 nitrogen and oxygen atoms in total. The van der Waals surface area contributed by atoms with Gasteiger partial charge < -0.3 is 4.90 Å². The lowest BCUT2D eigenvalue weighted by Crippen LogP contribution is -2.39. The predicted molar refractivity (Wildman–Crippen MR) is 157 cm³/mol. The summed E-state index contributed by atoms with van der Waals surface area (Å²) in [5, 5.41) is 18.4. The normalized spacial score (nSPS) is 11.3. The maximum absolute atomic E-state index is 13.7. The van der Waals surface area contributed by atoms with Crippen LogP contribution in [-0.2, 0) is 10.0 Å². The second-order valence-corrected chi connectivity index (χ2v) is 11.6. The number of rotatable bonds is 13. The van der Waals surface area contributed by atoms with E-state index in [1.165, 1.54) is 35.6 Å². The van der Waals surface area contributed by atoms with Gasteiger partial charge in [0.2, 0.25) is 10.0 Å². The van der Waals surface area contributed by atoms with Gasteiger partial charge in [0, 0.05) is 44.6 Å². The molecule has 0 fully saturated rings. The van der Waals surface area contributed by atoms with Gasteiger partial charge in [0.1, 0.15) is 0 Å². The molecule has 3 aromatic rings. The fraction of sp³-hybridized carbons (Fsp3) is 0.407. The SMILES string of the molecule is CCN(CC)CCN(C(=O)c1ccc(S(=O)(=O)N(CCC#N)CCC#N)cc1)c1nc2c(C)cccc2s1.Cl. The molecule has 0 atom stereocenters. The molecule has 39 heavy (non-hydrogen) atoms. The topological polar surface area (TPSA) is 121 Å². The molecule has 0 spiro atoms. The number of aromatic nitrogens is 1. The van der Waals surface area contributed by atoms with Crippen molar-refractivity contribution in [2.24, 2.45) is 0 Å². The number of nitriles is 2. The highest BCUT2D eigenvalue weighted by Gasteiger charge is 2.26. The van der Waals surface area contributed by atoms with Gasteiger partial charge >= 0.3 is 0 Å². The second-order valence-electron chi connectivity index (χ2n) is 8.65. The fourth-order valence-electron chi connectivity index (χ4n) is 4.03. The number of likely N-dealkylation sites (N-methyl/N-ethyl adjacent to an activating group) is 1. The summed E-state index contributed by atoms with van der Waals surface area (Å²) >= 11 is 1.46. The molecule has 0 aliphatic heterocycles. The molecule has 0 saturated carbocycles. The Morgan fingerprint density at radius 1 is 0.949 bits per heavy atom. The van der Waals surface area contributed by atoms with E-state index in [2.05, 4.69) is 18.7 Å². The molecular weight excluding hydrogens is 556 g/mol. The summed E-state index contributed by atoms with van der Waals surface area (Å²) in [6, 6.07) is 15.6. The van der Waals surface area contributed by atoms with Crippen molar-refractivity contribution in [3.05, 3.63) is 53.6 Å². The highest BCUT2D eigenvalue weighted by atomic mass is 35.5. The number of benzene rings is 2. The molecule has 0 aliphatic rings. The number of hydrogen-bond acceptors (Lipinski definition) is 8. The number of carbonyl (C=O) groups excluding carboxylic acids is 1. The van der Waals surface area contributed by atoms with Crippen LogP contribution in [0.25, 0.3) is 10.2 Å². The van der Waals surface area contributed by atoms with Gasteiger partial charge in [0.05, 0.1) is 27.3 Å². The maximum atomic E-state index is 13.7. The number of aryl methyl sites for hydroxylation is 1. The molecule has 12 heteroatoms. The predicted octanol–water partition coefficient (Wildman–Crippen LogP) is 4.83.